The lowest BCUT2D eigenvalue weighted by Gasteiger charge is -2.26. The van der Waals surface area contributed by atoms with Crippen LogP contribution in [-0.2, 0) is 11.3 Å². The summed E-state index contributed by atoms with van der Waals surface area (Å²) >= 11 is 1.63. The Morgan fingerprint density at radius 2 is 1.92 bits per heavy atom. The van der Waals surface area contributed by atoms with Gasteiger partial charge in [0.1, 0.15) is 5.82 Å². The molecule has 0 atom stereocenters. The fourth-order valence-corrected chi connectivity index (χ4v) is 3.81. The molecule has 1 aliphatic rings. The van der Waals surface area contributed by atoms with Crippen LogP contribution in [0.15, 0.2) is 42.6 Å². The molecule has 5 rings (SSSR count). The van der Waals surface area contributed by atoms with Crippen LogP contribution in [-0.4, -0.2) is 55.2 Å². The minimum Gasteiger partial charge on any atom is -0.378 e. The summed E-state index contributed by atoms with van der Waals surface area (Å²) in [6, 6.07) is 0. The molecule has 1 saturated heterocycles. The number of rotatable bonds is 4. The van der Waals surface area contributed by atoms with E-state index in [0.717, 1.165) is 54.3 Å². The highest BCUT2D eigenvalue weighted by Gasteiger charge is 2.15. The van der Waals surface area contributed by atoms with Crippen molar-refractivity contribution in [2.45, 2.75) is 6.54 Å². The molecule has 0 spiro atoms. The molecule has 0 aliphatic carbocycles. The van der Waals surface area contributed by atoms with Gasteiger partial charge >= 0.3 is 0 Å². The van der Waals surface area contributed by atoms with Gasteiger partial charge in [-0.1, -0.05) is 0 Å². The van der Waals surface area contributed by atoms with Gasteiger partial charge < -0.3 is 14.2 Å². The largest absolute Gasteiger partial charge is 0.378 e. The van der Waals surface area contributed by atoms with Crippen LogP contribution in [0.5, 0.6) is 0 Å². The molecule has 9 heteroatoms. The predicted octanol–water partition coefficient (Wildman–Crippen LogP) is 1.93. The third kappa shape index (κ3) is 2.85. The summed E-state index contributed by atoms with van der Waals surface area (Å²) in [5.74, 6) is 1.58. The van der Waals surface area contributed by atoms with Gasteiger partial charge in [0.05, 0.1) is 31.0 Å². The summed E-state index contributed by atoms with van der Waals surface area (Å²) in [6.45, 7) is 3.75. The number of hydrogen-bond acceptors (Lipinski definition) is 7. The number of thiazole rings is 1. The summed E-state index contributed by atoms with van der Waals surface area (Å²) in [4.78, 5) is 21.3. The monoisotopic (exact) mass is 367 g/mol. The fourth-order valence-electron chi connectivity index (χ4n) is 3.09. The Labute approximate surface area is 153 Å². The van der Waals surface area contributed by atoms with Gasteiger partial charge in [0.15, 0.2) is 4.96 Å². The fraction of sp³-hybridized carbons (Fsp3) is 0.294. The molecule has 1 aliphatic heterocycles. The third-order valence-corrected chi connectivity index (χ3v) is 5.15. The number of fused-ring (bicyclic) bond motifs is 1. The van der Waals surface area contributed by atoms with Crippen LogP contribution < -0.4 is 4.90 Å². The van der Waals surface area contributed by atoms with Gasteiger partial charge in [-0.3, -0.25) is 4.40 Å². The first-order valence-corrected chi connectivity index (χ1v) is 9.32. The molecule has 1 fully saturated rings. The van der Waals surface area contributed by atoms with Crippen molar-refractivity contribution < 1.29 is 4.74 Å². The molecular weight excluding hydrogens is 350 g/mol. The summed E-state index contributed by atoms with van der Waals surface area (Å²) in [7, 11) is 0. The van der Waals surface area contributed by atoms with Crippen molar-refractivity contribution in [3.8, 4) is 11.4 Å². The molecule has 0 saturated carbocycles. The molecule has 8 nitrogen and oxygen atoms in total. The summed E-state index contributed by atoms with van der Waals surface area (Å²) in [6.07, 6.45) is 11.5. The average Bonchev–Trinajstić information content (AvgIpc) is 3.39. The Hall–Kier alpha value is -2.78. The first-order valence-electron chi connectivity index (χ1n) is 8.44. The Balaban J connectivity index is 1.38. The molecule has 0 amide bonds. The molecule has 0 bridgehead atoms. The van der Waals surface area contributed by atoms with E-state index in [0.29, 0.717) is 6.54 Å². The van der Waals surface area contributed by atoms with Crippen LogP contribution in [0.2, 0.25) is 0 Å². The topological polar surface area (TPSA) is 73.4 Å². The lowest BCUT2D eigenvalue weighted by Crippen LogP contribution is -2.37. The highest BCUT2D eigenvalue weighted by Crippen LogP contribution is 2.20. The van der Waals surface area contributed by atoms with Crippen LogP contribution in [0.3, 0.4) is 0 Å². The van der Waals surface area contributed by atoms with E-state index in [2.05, 4.69) is 29.4 Å². The zero-order valence-corrected chi connectivity index (χ0v) is 14.8. The summed E-state index contributed by atoms with van der Waals surface area (Å²) in [5.41, 5.74) is 1.90. The predicted molar refractivity (Wildman–Crippen MR) is 98.5 cm³/mol. The lowest BCUT2D eigenvalue weighted by atomic mass is 10.3. The van der Waals surface area contributed by atoms with Crippen molar-refractivity contribution in [2.75, 3.05) is 31.2 Å². The van der Waals surface area contributed by atoms with E-state index in [1.807, 2.05) is 40.8 Å². The van der Waals surface area contributed by atoms with Crippen LogP contribution in [0.25, 0.3) is 16.3 Å². The lowest BCUT2D eigenvalue weighted by molar-refractivity contribution is 0.122. The van der Waals surface area contributed by atoms with Crippen LogP contribution in [0, 0.1) is 0 Å². The molecule has 0 N–H and O–H groups in total. The van der Waals surface area contributed by atoms with Crippen molar-refractivity contribution in [3.05, 3.63) is 48.3 Å². The summed E-state index contributed by atoms with van der Waals surface area (Å²) < 4.78 is 9.48. The van der Waals surface area contributed by atoms with Crippen molar-refractivity contribution in [3.63, 3.8) is 0 Å². The molecule has 0 aromatic carbocycles. The highest BCUT2D eigenvalue weighted by molar-refractivity contribution is 7.15. The number of ether oxygens (including phenoxy) is 1. The van der Waals surface area contributed by atoms with E-state index in [9.17, 15) is 0 Å². The van der Waals surface area contributed by atoms with Gasteiger partial charge in [-0.15, -0.1) is 11.3 Å². The van der Waals surface area contributed by atoms with Crippen LogP contribution in [0.1, 0.15) is 5.69 Å². The molecule has 4 aromatic rings. The SMILES string of the molecule is c1cn(Cc2cn3ccsc3n2)c(-c2cnc(N3CCOCC3)nc2)n1. The number of morpholine rings is 1. The number of anilines is 1. The summed E-state index contributed by atoms with van der Waals surface area (Å²) in [5, 5.41) is 2.03. The molecule has 132 valence electrons. The maximum absolute atomic E-state index is 5.37. The van der Waals surface area contributed by atoms with Gasteiger partial charge in [0.2, 0.25) is 5.95 Å². The Morgan fingerprint density at radius 1 is 1.08 bits per heavy atom. The maximum atomic E-state index is 5.37. The molecule has 0 radical (unpaired) electrons. The Kier molecular flexibility index (Phi) is 3.87. The first-order chi connectivity index (χ1) is 12.9. The minimum atomic E-state index is 0.662. The van der Waals surface area contributed by atoms with Crippen molar-refractivity contribution in [2.24, 2.45) is 0 Å². The highest BCUT2D eigenvalue weighted by atomic mass is 32.1. The van der Waals surface area contributed by atoms with Crippen LogP contribution >= 0.6 is 11.3 Å². The van der Waals surface area contributed by atoms with Crippen molar-refractivity contribution in [1.29, 1.82) is 0 Å². The quantitative estimate of drug-likeness (QED) is 0.549. The van der Waals surface area contributed by atoms with Crippen molar-refractivity contribution >= 4 is 22.2 Å². The zero-order valence-electron chi connectivity index (χ0n) is 14.0. The maximum Gasteiger partial charge on any atom is 0.225 e. The molecule has 26 heavy (non-hydrogen) atoms. The number of imidazole rings is 2. The van der Waals surface area contributed by atoms with E-state index in [4.69, 9.17) is 4.74 Å². The van der Waals surface area contributed by atoms with Gasteiger partial charge in [-0.05, 0) is 0 Å². The molecule has 5 heterocycles. The van der Waals surface area contributed by atoms with Gasteiger partial charge in [-0.2, -0.15) is 0 Å². The normalized spacial score (nSPS) is 15.0. The standard InChI is InChI=1S/C17H17N7OS/c1-2-23(11-14-12-24-5-8-26-17(24)21-14)15(18-1)13-9-19-16(20-10-13)22-3-6-25-7-4-22/h1-2,5,8-10,12H,3-4,6-7,11H2. The Bertz CT molecular complexity index is 985. The second kappa shape index (κ2) is 6.50. The van der Waals surface area contributed by atoms with E-state index in [1.165, 1.54) is 0 Å². The Morgan fingerprint density at radius 3 is 2.73 bits per heavy atom. The molecule has 4 aromatic heterocycles. The zero-order chi connectivity index (χ0) is 17.3. The first kappa shape index (κ1) is 15.5. The van der Waals surface area contributed by atoms with E-state index >= 15 is 0 Å². The smallest absolute Gasteiger partial charge is 0.225 e. The second-order valence-corrected chi connectivity index (χ2v) is 6.95. The second-order valence-electron chi connectivity index (χ2n) is 6.07. The van der Waals surface area contributed by atoms with E-state index < -0.39 is 0 Å². The van der Waals surface area contributed by atoms with Gasteiger partial charge in [0.25, 0.3) is 0 Å². The molecule has 0 unspecified atom stereocenters. The van der Waals surface area contributed by atoms with E-state index in [-0.39, 0.29) is 0 Å². The molecular formula is C17H17N7OS. The average molecular weight is 367 g/mol. The van der Waals surface area contributed by atoms with Crippen LogP contribution in [0.4, 0.5) is 5.95 Å². The minimum absolute atomic E-state index is 0.662. The number of aromatic nitrogens is 6. The number of hydrogen-bond donors (Lipinski definition) is 0. The van der Waals surface area contributed by atoms with Crippen molar-refractivity contribution in [1.82, 2.24) is 28.9 Å². The number of nitrogens with zero attached hydrogens (tertiary/aromatic N) is 7. The van der Waals surface area contributed by atoms with Gasteiger partial charge in [-0.25, -0.2) is 19.9 Å². The third-order valence-electron chi connectivity index (χ3n) is 4.38. The van der Waals surface area contributed by atoms with Gasteiger partial charge in [0, 0.05) is 55.7 Å². The van der Waals surface area contributed by atoms with E-state index in [1.54, 1.807) is 17.5 Å².